The monoisotopic (exact) mass is 138 g/mol. The summed E-state index contributed by atoms with van der Waals surface area (Å²) in [5.74, 6) is 2.77. The predicted molar refractivity (Wildman–Crippen MR) is 40.5 cm³/mol. The summed E-state index contributed by atoms with van der Waals surface area (Å²) in [6.07, 6.45) is 5.90. The first kappa shape index (κ1) is 6.41. The van der Waals surface area contributed by atoms with E-state index in [1.165, 1.54) is 6.42 Å². The Hall–Kier alpha value is -0.300. The molecular formula is C9H14O. The van der Waals surface area contributed by atoms with Gasteiger partial charge in [-0.25, -0.2) is 0 Å². The Kier molecular flexibility index (Phi) is 1.34. The summed E-state index contributed by atoms with van der Waals surface area (Å²) in [5, 5.41) is 9.02. The second kappa shape index (κ2) is 2.09. The van der Waals surface area contributed by atoms with Crippen LogP contribution in [-0.2, 0) is 0 Å². The molecule has 1 nitrogen and oxygen atoms in total. The SMILES string of the molecule is C[C@H]1[C@@H](CO)[C@H]2C=C[C@H]1C2. The molecule has 0 heterocycles. The summed E-state index contributed by atoms with van der Waals surface area (Å²) in [5.41, 5.74) is 0. The first-order valence-electron chi connectivity index (χ1n) is 4.12. The van der Waals surface area contributed by atoms with Crippen LogP contribution in [0.15, 0.2) is 12.2 Å². The molecule has 0 unspecified atom stereocenters. The van der Waals surface area contributed by atoms with Gasteiger partial charge in [0.25, 0.3) is 0 Å². The van der Waals surface area contributed by atoms with E-state index in [1.807, 2.05) is 0 Å². The van der Waals surface area contributed by atoms with Gasteiger partial charge in [0, 0.05) is 6.61 Å². The average molecular weight is 138 g/mol. The molecule has 0 aromatic carbocycles. The van der Waals surface area contributed by atoms with Gasteiger partial charge in [-0.05, 0) is 30.1 Å². The van der Waals surface area contributed by atoms with E-state index in [9.17, 15) is 0 Å². The fraction of sp³-hybridized carbons (Fsp3) is 0.778. The summed E-state index contributed by atoms with van der Waals surface area (Å²) in [7, 11) is 0. The molecule has 1 heteroatoms. The van der Waals surface area contributed by atoms with Gasteiger partial charge in [0.15, 0.2) is 0 Å². The van der Waals surface area contributed by atoms with Crippen molar-refractivity contribution in [3.05, 3.63) is 12.2 Å². The third-order valence-corrected chi connectivity index (χ3v) is 3.26. The van der Waals surface area contributed by atoms with E-state index >= 15 is 0 Å². The van der Waals surface area contributed by atoms with Crippen LogP contribution in [0.1, 0.15) is 13.3 Å². The van der Waals surface area contributed by atoms with Gasteiger partial charge in [-0.3, -0.25) is 0 Å². The van der Waals surface area contributed by atoms with E-state index in [0.717, 1.165) is 11.8 Å². The van der Waals surface area contributed by atoms with Crippen LogP contribution >= 0.6 is 0 Å². The highest BCUT2D eigenvalue weighted by molar-refractivity contribution is 5.12. The van der Waals surface area contributed by atoms with Gasteiger partial charge in [-0.2, -0.15) is 0 Å². The molecule has 0 radical (unpaired) electrons. The molecular weight excluding hydrogens is 124 g/mol. The van der Waals surface area contributed by atoms with Gasteiger partial charge in [0.05, 0.1) is 0 Å². The van der Waals surface area contributed by atoms with E-state index in [-0.39, 0.29) is 0 Å². The van der Waals surface area contributed by atoms with Gasteiger partial charge >= 0.3 is 0 Å². The van der Waals surface area contributed by atoms with Gasteiger partial charge in [0.2, 0.25) is 0 Å². The van der Waals surface area contributed by atoms with Crippen molar-refractivity contribution in [3.8, 4) is 0 Å². The number of allylic oxidation sites excluding steroid dienone is 2. The second-order valence-electron chi connectivity index (χ2n) is 3.65. The molecule has 1 N–H and O–H groups in total. The number of hydrogen-bond donors (Lipinski definition) is 1. The molecule has 1 fully saturated rings. The van der Waals surface area contributed by atoms with Crippen molar-refractivity contribution in [1.29, 1.82) is 0 Å². The third kappa shape index (κ3) is 0.671. The van der Waals surface area contributed by atoms with E-state index in [0.29, 0.717) is 18.4 Å². The lowest BCUT2D eigenvalue weighted by atomic mass is 9.85. The fourth-order valence-corrected chi connectivity index (χ4v) is 2.47. The van der Waals surface area contributed by atoms with Crippen LogP contribution < -0.4 is 0 Å². The average Bonchev–Trinajstić information content (AvgIpc) is 2.46. The van der Waals surface area contributed by atoms with Crippen molar-refractivity contribution in [3.63, 3.8) is 0 Å². The Morgan fingerprint density at radius 1 is 1.40 bits per heavy atom. The number of rotatable bonds is 1. The molecule has 2 aliphatic carbocycles. The molecule has 56 valence electrons. The third-order valence-electron chi connectivity index (χ3n) is 3.26. The summed E-state index contributed by atoms with van der Waals surface area (Å²) >= 11 is 0. The normalized spacial score (nSPS) is 50.6. The van der Waals surface area contributed by atoms with Gasteiger partial charge in [-0.15, -0.1) is 0 Å². The molecule has 2 bridgehead atoms. The highest BCUT2D eigenvalue weighted by atomic mass is 16.3. The Morgan fingerprint density at radius 3 is 2.50 bits per heavy atom. The molecule has 0 aromatic heterocycles. The zero-order chi connectivity index (χ0) is 7.14. The van der Waals surface area contributed by atoms with Crippen LogP contribution in [-0.4, -0.2) is 11.7 Å². The Labute approximate surface area is 61.8 Å². The maximum absolute atomic E-state index is 9.02. The molecule has 0 spiro atoms. The van der Waals surface area contributed by atoms with E-state index in [1.54, 1.807) is 0 Å². The summed E-state index contributed by atoms with van der Waals surface area (Å²) in [6.45, 7) is 2.64. The van der Waals surface area contributed by atoms with Crippen LogP contribution in [0, 0.1) is 23.7 Å². The quantitative estimate of drug-likeness (QED) is 0.543. The first-order chi connectivity index (χ1) is 4.83. The Morgan fingerprint density at radius 2 is 2.10 bits per heavy atom. The molecule has 2 rings (SSSR count). The van der Waals surface area contributed by atoms with Crippen LogP contribution in [0.25, 0.3) is 0 Å². The van der Waals surface area contributed by atoms with Crippen LogP contribution in [0.3, 0.4) is 0 Å². The van der Waals surface area contributed by atoms with Crippen molar-refractivity contribution >= 4 is 0 Å². The maximum Gasteiger partial charge on any atom is 0.0467 e. The molecule has 0 aromatic rings. The Bertz CT molecular complexity index is 162. The molecule has 0 saturated heterocycles. The molecule has 2 aliphatic rings. The van der Waals surface area contributed by atoms with Crippen molar-refractivity contribution in [2.75, 3.05) is 6.61 Å². The molecule has 0 aliphatic heterocycles. The van der Waals surface area contributed by atoms with Crippen LogP contribution in [0.4, 0.5) is 0 Å². The minimum absolute atomic E-state index is 0.382. The number of aliphatic hydroxyl groups is 1. The van der Waals surface area contributed by atoms with E-state index in [2.05, 4.69) is 19.1 Å². The predicted octanol–water partition coefficient (Wildman–Crippen LogP) is 1.44. The molecule has 0 amide bonds. The van der Waals surface area contributed by atoms with Crippen molar-refractivity contribution < 1.29 is 5.11 Å². The van der Waals surface area contributed by atoms with Gasteiger partial charge < -0.3 is 5.11 Å². The lowest BCUT2D eigenvalue weighted by molar-refractivity contribution is 0.172. The minimum Gasteiger partial charge on any atom is -0.396 e. The zero-order valence-electron chi connectivity index (χ0n) is 6.33. The van der Waals surface area contributed by atoms with E-state index < -0.39 is 0 Å². The fourth-order valence-electron chi connectivity index (χ4n) is 2.47. The van der Waals surface area contributed by atoms with Crippen molar-refractivity contribution in [2.24, 2.45) is 23.7 Å². The zero-order valence-corrected chi connectivity index (χ0v) is 6.33. The van der Waals surface area contributed by atoms with Crippen LogP contribution in [0.2, 0.25) is 0 Å². The summed E-state index contributed by atoms with van der Waals surface area (Å²) in [4.78, 5) is 0. The summed E-state index contributed by atoms with van der Waals surface area (Å²) < 4.78 is 0. The number of hydrogen-bond acceptors (Lipinski definition) is 1. The van der Waals surface area contributed by atoms with Crippen LogP contribution in [0.5, 0.6) is 0 Å². The standard InChI is InChI=1S/C9H14O/c1-6-7-2-3-8(4-7)9(6)5-10/h2-3,6-10H,4-5H2,1H3/t6-,7+,8+,9-/m1/s1. The number of aliphatic hydroxyl groups excluding tert-OH is 1. The Balaban J connectivity index is 2.18. The summed E-state index contributed by atoms with van der Waals surface area (Å²) in [6, 6.07) is 0. The van der Waals surface area contributed by atoms with Gasteiger partial charge in [0.1, 0.15) is 0 Å². The van der Waals surface area contributed by atoms with Crippen molar-refractivity contribution in [1.82, 2.24) is 0 Å². The maximum atomic E-state index is 9.02. The lowest BCUT2D eigenvalue weighted by Gasteiger charge is -2.21. The highest BCUT2D eigenvalue weighted by Gasteiger charge is 2.40. The highest BCUT2D eigenvalue weighted by Crippen LogP contribution is 2.47. The smallest absolute Gasteiger partial charge is 0.0467 e. The topological polar surface area (TPSA) is 20.2 Å². The number of fused-ring (bicyclic) bond motifs is 2. The molecule has 4 atom stereocenters. The lowest BCUT2D eigenvalue weighted by Crippen LogP contribution is -2.19. The minimum atomic E-state index is 0.382. The van der Waals surface area contributed by atoms with Gasteiger partial charge in [-0.1, -0.05) is 19.1 Å². The molecule has 10 heavy (non-hydrogen) atoms. The first-order valence-corrected chi connectivity index (χ1v) is 4.12. The second-order valence-corrected chi connectivity index (χ2v) is 3.65. The van der Waals surface area contributed by atoms with Crippen molar-refractivity contribution in [2.45, 2.75) is 13.3 Å². The largest absolute Gasteiger partial charge is 0.396 e. The van der Waals surface area contributed by atoms with E-state index in [4.69, 9.17) is 5.11 Å². The molecule has 1 saturated carbocycles.